The van der Waals surface area contributed by atoms with Gasteiger partial charge in [-0.2, -0.15) is 0 Å². The number of nitrogens with zero attached hydrogens (tertiary/aromatic N) is 3. The number of anilines is 2. The van der Waals surface area contributed by atoms with Crippen molar-refractivity contribution in [2.24, 2.45) is 0 Å². The van der Waals surface area contributed by atoms with Gasteiger partial charge in [-0.15, -0.1) is 13.2 Å². The van der Waals surface area contributed by atoms with Crippen LogP contribution in [0.5, 0.6) is 11.6 Å². The fourth-order valence-corrected chi connectivity index (χ4v) is 7.31. The number of fused-ring (bicyclic) bond motifs is 5. The number of ether oxygens (including phenoxy) is 3. The number of alkyl halides is 3. The van der Waals surface area contributed by atoms with Crippen molar-refractivity contribution < 1.29 is 41.0 Å². The number of carbonyl (C=O) groups is 1. The van der Waals surface area contributed by atoms with E-state index < -0.39 is 58.1 Å². The van der Waals surface area contributed by atoms with Gasteiger partial charge in [-0.05, 0) is 65.0 Å². The van der Waals surface area contributed by atoms with Crippen molar-refractivity contribution in [3.8, 4) is 22.9 Å². The Morgan fingerprint density at radius 3 is 2.64 bits per heavy atom. The first-order chi connectivity index (χ1) is 22.1. The van der Waals surface area contributed by atoms with Crippen molar-refractivity contribution in [3.05, 3.63) is 35.0 Å². The Balaban J connectivity index is 1.50. The monoisotopic (exact) mass is 662 g/mol. The fourth-order valence-electron chi connectivity index (χ4n) is 7.31. The SMILES string of the molecule is CCOC[C@]12CC[C@H](N1)[C@H]1[C@H](C)Oc3nc(-c4cc(N)cc(F)c4OC(F)(F)F)c(F)c4c(C)c(C(=O)NC5(C)CC5)nc(c34)N1C2. The van der Waals surface area contributed by atoms with E-state index in [1.807, 2.05) is 25.7 Å². The van der Waals surface area contributed by atoms with Gasteiger partial charge in [0, 0.05) is 41.9 Å². The van der Waals surface area contributed by atoms with Crippen LogP contribution in [0.25, 0.3) is 22.0 Å². The quantitative estimate of drug-likeness (QED) is 0.233. The average molecular weight is 663 g/mol. The molecule has 47 heavy (non-hydrogen) atoms. The normalized spacial score (nSPS) is 25.6. The Morgan fingerprint density at radius 1 is 1.21 bits per heavy atom. The molecule has 3 aliphatic heterocycles. The number of pyridine rings is 2. The molecule has 2 saturated heterocycles. The third-order valence-corrected chi connectivity index (χ3v) is 9.75. The molecule has 4 aliphatic rings. The van der Waals surface area contributed by atoms with Crippen molar-refractivity contribution >= 4 is 28.2 Å². The number of aryl methyl sites for hydroxylation is 1. The van der Waals surface area contributed by atoms with E-state index in [-0.39, 0.29) is 51.5 Å². The zero-order chi connectivity index (χ0) is 33.6. The summed E-state index contributed by atoms with van der Waals surface area (Å²) in [4.78, 5) is 25.0. The molecule has 252 valence electrons. The Morgan fingerprint density at radius 2 is 1.96 bits per heavy atom. The maximum absolute atomic E-state index is 17.0. The predicted molar refractivity (Wildman–Crippen MR) is 162 cm³/mol. The molecule has 2 bridgehead atoms. The minimum Gasteiger partial charge on any atom is -0.472 e. The van der Waals surface area contributed by atoms with Crippen LogP contribution in [0.4, 0.5) is 33.5 Å². The van der Waals surface area contributed by atoms with Gasteiger partial charge in [0.1, 0.15) is 23.3 Å². The summed E-state index contributed by atoms with van der Waals surface area (Å²) in [6, 6.07) is 1.17. The molecule has 1 saturated carbocycles. The number of halogens is 5. The van der Waals surface area contributed by atoms with Crippen LogP contribution < -0.4 is 30.7 Å². The fraction of sp³-hybridized carbons (Fsp3) is 0.531. The molecule has 5 heterocycles. The van der Waals surface area contributed by atoms with Crippen LogP contribution in [0.1, 0.15) is 62.5 Å². The lowest BCUT2D eigenvalue weighted by Crippen LogP contribution is -2.68. The van der Waals surface area contributed by atoms with Gasteiger partial charge in [-0.1, -0.05) is 0 Å². The third kappa shape index (κ3) is 5.36. The van der Waals surface area contributed by atoms with Crippen molar-refractivity contribution in [3.63, 3.8) is 0 Å². The van der Waals surface area contributed by atoms with Gasteiger partial charge >= 0.3 is 6.36 Å². The van der Waals surface area contributed by atoms with E-state index in [4.69, 9.17) is 20.2 Å². The average Bonchev–Trinajstić information content (AvgIpc) is 3.64. The van der Waals surface area contributed by atoms with Gasteiger partial charge in [0.15, 0.2) is 17.4 Å². The van der Waals surface area contributed by atoms with Gasteiger partial charge in [-0.25, -0.2) is 18.7 Å². The Bertz CT molecular complexity index is 1800. The predicted octanol–water partition coefficient (Wildman–Crippen LogP) is 5.14. The number of nitrogen functional groups attached to an aromatic ring is 1. The smallest absolute Gasteiger partial charge is 0.472 e. The minimum atomic E-state index is -5.31. The molecule has 15 heteroatoms. The van der Waals surface area contributed by atoms with Crippen molar-refractivity contribution in [1.29, 1.82) is 0 Å². The zero-order valence-corrected chi connectivity index (χ0v) is 26.3. The van der Waals surface area contributed by atoms with E-state index in [1.54, 1.807) is 0 Å². The molecule has 2 aromatic heterocycles. The lowest BCUT2D eigenvalue weighted by atomic mass is 9.94. The summed E-state index contributed by atoms with van der Waals surface area (Å²) in [6.45, 7) is 8.46. The van der Waals surface area contributed by atoms with Gasteiger partial charge in [0.05, 0.1) is 29.1 Å². The number of hydrogen-bond acceptors (Lipinski definition) is 9. The molecule has 1 aliphatic carbocycles. The minimum absolute atomic E-state index is 0.0498. The molecule has 10 nitrogen and oxygen atoms in total. The number of aromatic nitrogens is 2. The molecule has 3 fully saturated rings. The Kier molecular flexibility index (Phi) is 7.24. The van der Waals surface area contributed by atoms with Crippen molar-refractivity contribution in [2.45, 2.75) is 89.0 Å². The molecule has 0 spiro atoms. The first kappa shape index (κ1) is 31.6. The molecular weight excluding hydrogens is 627 g/mol. The number of amides is 1. The van der Waals surface area contributed by atoms with Crippen LogP contribution in [-0.4, -0.2) is 71.3 Å². The lowest BCUT2D eigenvalue weighted by Gasteiger charge is -2.47. The van der Waals surface area contributed by atoms with Gasteiger partial charge in [0.2, 0.25) is 5.88 Å². The number of carbonyl (C=O) groups excluding carboxylic acids is 1. The van der Waals surface area contributed by atoms with Crippen LogP contribution in [-0.2, 0) is 4.74 Å². The standard InChI is InChI=1S/C32H35F5N6O4/c1-5-45-13-31-7-6-19(41-31)25-15(3)46-29-21-20(14(2)23(39-27(21)43(25)12-31)28(44)42-30(4)8-9-30)22(34)24(40-29)17-10-16(38)11-18(33)26(17)47-32(35,36)37/h10-11,15,19,25,41H,5-9,12-13,38H2,1-4H3,(H,42,44)/t15-,19-,25+,31+/m0/s1. The number of benzene rings is 1. The van der Waals surface area contributed by atoms with Gasteiger partial charge in [-0.3, -0.25) is 4.79 Å². The summed E-state index contributed by atoms with van der Waals surface area (Å²) < 4.78 is 88.7. The molecule has 4 atom stereocenters. The van der Waals surface area contributed by atoms with Gasteiger partial charge in [0.25, 0.3) is 5.91 Å². The number of rotatable bonds is 7. The molecule has 4 N–H and O–H groups in total. The summed E-state index contributed by atoms with van der Waals surface area (Å²) in [5, 5.41) is 6.70. The third-order valence-electron chi connectivity index (χ3n) is 9.75. The summed E-state index contributed by atoms with van der Waals surface area (Å²) in [6.07, 6.45) is -2.77. The van der Waals surface area contributed by atoms with E-state index in [2.05, 4.69) is 20.4 Å². The van der Waals surface area contributed by atoms with E-state index in [0.29, 0.717) is 25.8 Å². The van der Waals surface area contributed by atoms with Crippen LogP contribution in [0.2, 0.25) is 0 Å². The maximum Gasteiger partial charge on any atom is 0.573 e. The second-order valence-corrected chi connectivity index (χ2v) is 13.3. The molecule has 3 aromatic rings. The number of nitrogens with two attached hydrogens (primary N) is 1. The second kappa shape index (κ2) is 10.8. The Labute approximate surface area is 267 Å². The van der Waals surface area contributed by atoms with Crippen LogP contribution >= 0.6 is 0 Å². The number of piperazine rings is 1. The highest BCUT2D eigenvalue weighted by atomic mass is 19.4. The number of nitrogens with one attached hydrogen (secondary N) is 2. The van der Waals surface area contributed by atoms with Crippen molar-refractivity contribution in [2.75, 3.05) is 30.4 Å². The first-order valence-corrected chi connectivity index (χ1v) is 15.6. The Hall–Kier alpha value is -3.98. The van der Waals surface area contributed by atoms with E-state index in [9.17, 15) is 18.0 Å². The van der Waals surface area contributed by atoms with E-state index in [0.717, 1.165) is 31.7 Å². The molecule has 0 radical (unpaired) electrons. The summed E-state index contributed by atoms with van der Waals surface area (Å²) in [5.41, 5.74) is 3.38. The highest BCUT2D eigenvalue weighted by Crippen LogP contribution is 2.49. The maximum atomic E-state index is 17.0. The summed E-state index contributed by atoms with van der Waals surface area (Å²) >= 11 is 0. The highest BCUT2D eigenvalue weighted by Gasteiger charge is 2.54. The topological polar surface area (TPSA) is 124 Å². The summed E-state index contributed by atoms with van der Waals surface area (Å²) in [7, 11) is 0. The molecule has 1 amide bonds. The van der Waals surface area contributed by atoms with E-state index in [1.165, 1.54) is 6.92 Å². The molecule has 7 rings (SSSR count). The largest absolute Gasteiger partial charge is 0.573 e. The lowest BCUT2D eigenvalue weighted by molar-refractivity contribution is -0.275. The summed E-state index contributed by atoms with van der Waals surface area (Å²) in [5.74, 6) is -4.24. The second-order valence-electron chi connectivity index (χ2n) is 13.3. The zero-order valence-electron chi connectivity index (χ0n) is 26.3. The van der Waals surface area contributed by atoms with Crippen molar-refractivity contribution in [1.82, 2.24) is 20.6 Å². The molecule has 0 unspecified atom stereocenters. The molecular formula is C32H35F5N6O4. The highest BCUT2D eigenvalue weighted by molar-refractivity contribution is 6.07. The molecule has 1 aromatic carbocycles. The van der Waals surface area contributed by atoms with Gasteiger partial charge < -0.3 is 35.5 Å². The number of hydrogen-bond donors (Lipinski definition) is 3. The first-order valence-electron chi connectivity index (χ1n) is 15.6. The van der Waals surface area contributed by atoms with Crippen LogP contribution in [0, 0.1) is 18.6 Å². The van der Waals surface area contributed by atoms with E-state index >= 15 is 8.78 Å². The van der Waals surface area contributed by atoms with Crippen LogP contribution in [0.15, 0.2) is 12.1 Å². The van der Waals surface area contributed by atoms with Crippen LogP contribution in [0.3, 0.4) is 0 Å².